The third-order valence-corrected chi connectivity index (χ3v) is 6.27. The number of rotatable bonds is 14. The van der Waals surface area contributed by atoms with Crippen LogP contribution in [0.1, 0.15) is 71.1 Å². The van der Waals surface area contributed by atoms with Gasteiger partial charge in [0, 0.05) is 31.6 Å². The maximum atomic E-state index is 14.0. The van der Waals surface area contributed by atoms with Gasteiger partial charge in [-0.1, -0.05) is 26.0 Å². The van der Waals surface area contributed by atoms with Crippen LogP contribution in [-0.4, -0.2) is 60.9 Å². The quantitative estimate of drug-likeness (QED) is 0.176. The molecule has 10 heteroatoms. The second-order valence-corrected chi connectivity index (χ2v) is 11.4. The van der Waals surface area contributed by atoms with Gasteiger partial charge in [0.15, 0.2) is 11.6 Å². The van der Waals surface area contributed by atoms with Crippen LogP contribution in [-0.2, 0) is 19.1 Å². The molecular weight excluding hydrogens is 526 g/mol. The topological polar surface area (TPSA) is 128 Å². The van der Waals surface area contributed by atoms with E-state index in [0.29, 0.717) is 48.1 Å². The highest BCUT2D eigenvalue weighted by Gasteiger charge is 2.53. The van der Waals surface area contributed by atoms with Gasteiger partial charge in [0.2, 0.25) is 5.90 Å². The van der Waals surface area contributed by atoms with Crippen molar-refractivity contribution in [2.75, 3.05) is 26.9 Å². The molecule has 0 radical (unpaired) electrons. The summed E-state index contributed by atoms with van der Waals surface area (Å²) < 4.78 is 23.1. The van der Waals surface area contributed by atoms with Crippen molar-refractivity contribution in [2.45, 2.75) is 71.1 Å². The molecule has 3 rings (SSSR count). The highest BCUT2D eigenvalue weighted by atomic mass is 16.6. The Labute approximate surface area is 242 Å². The summed E-state index contributed by atoms with van der Waals surface area (Å²) in [5.41, 5.74) is 4.97. The molecule has 1 aliphatic heterocycles. The van der Waals surface area contributed by atoms with Gasteiger partial charge < -0.3 is 24.1 Å². The zero-order valence-corrected chi connectivity index (χ0v) is 24.9. The van der Waals surface area contributed by atoms with Crippen molar-refractivity contribution in [2.24, 2.45) is 10.9 Å². The molecule has 0 saturated heterocycles. The molecule has 0 bridgehead atoms. The van der Waals surface area contributed by atoms with Gasteiger partial charge in [-0.15, -0.1) is 0 Å². The molecule has 0 aliphatic carbocycles. The lowest BCUT2D eigenvalue weighted by Gasteiger charge is -2.31. The summed E-state index contributed by atoms with van der Waals surface area (Å²) in [7, 11) is 1.57. The second-order valence-electron chi connectivity index (χ2n) is 11.4. The van der Waals surface area contributed by atoms with E-state index in [0.717, 1.165) is 0 Å². The minimum Gasteiger partial charge on any atom is -0.497 e. The molecule has 2 atom stereocenters. The van der Waals surface area contributed by atoms with E-state index in [2.05, 4.69) is 10.9 Å². The van der Waals surface area contributed by atoms with Crippen molar-refractivity contribution >= 4 is 17.8 Å². The van der Waals surface area contributed by atoms with Crippen LogP contribution in [0.2, 0.25) is 0 Å². The Kier molecular flexibility index (Phi) is 11.1. The molecule has 41 heavy (non-hydrogen) atoms. The van der Waals surface area contributed by atoms with E-state index in [-0.39, 0.29) is 25.3 Å². The van der Waals surface area contributed by atoms with Crippen molar-refractivity contribution in [3.8, 4) is 11.5 Å². The SMILES string of the molecule is COc1cccc([C@@H]2OC(c3ccc(OCCCO)cc3)=N[C@]2(CCC(=O)OC(C)(C)C)C(=O)NNCC(C)C)c1. The molecule has 0 saturated carbocycles. The van der Waals surface area contributed by atoms with E-state index in [1.165, 1.54) is 0 Å². The van der Waals surface area contributed by atoms with E-state index >= 15 is 0 Å². The summed E-state index contributed by atoms with van der Waals surface area (Å²) in [5, 5.41) is 9.01. The van der Waals surface area contributed by atoms with Crippen LogP contribution in [0, 0.1) is 5.92 Å². The summed E-state index contributed by atoms with van der Waals surface area (Å²) in [6, 6.07) is 14.4. The Morgan fingerprint density at radius 3 is 2.49 bits per heavy atom. The number of hydrogen-bond acceptors (Lipinski definition) is 9. The summed E-state index contributed by atoms with van der Waals surface area (Å²) in [5.74, 6) is 0.938. The molecule has 0 aromatic heterocycles. The molecule has 1 amide bonds. The Bertz CT molecular complexity index is 1190. The molecule has 0 unspecified atom stereocenters. The number of nitrogens with zero attached hydrogens (tertiary/aromatic N) is 1. The average Bonchev–Trinajstić information content (AvgIpc) is 3.32. The number of esters is 1. The number of aliphatic hydroxyl groups is 1. The highest BCUT2D eigenvalue weighted by Crippen LogP contribution is 2.44. The number of amides is 1. The number of benzene rings is 2. The van der Waals surface area contributed by atoms with E-state index in [1.54, 1.807) is 58.2 Å². The van der Waals surface area contributed by atoms with E-state index in [9.17, 15) is 9.59 Å². The van der Waals surface area contributed by atoms with Crippen LogP contribution in [0.25, 0.3) is 0 Å². The molecule has 1 aliphatic rings. The van der Waals surface area contributed by atoms with Crippen LogP contribution < -0.4 is 20.3 Å². The predicted molar refractivity (Wildman–Crippen MR) is 156 cm³/mol. The van der Waals surface area contributed by atoms with Crippen molar-refractivity contribution in [1.29, 1.82) is 0 Å². The van der Waals surface area contributed by atoms with Crippen LogP contribution in [0.5, 0.6) is 11.5 Å². The maximum absolute atomic E-state index is 14.0. The zero-order valence-electron chi connectivity index (χ0n) is 24.9. The van der Waals surface area contributed by atoms with Crippen molar-refractivity contribution in [3.05, 3.63) is 59.7 Å². The van der Waals surface area contributed by atoms with Crippen LogP contribution >= 0.6 is 0 Å². The first-order chi connectivity index (χ1) is 19.5. The lowest BCUT2D eigenvalue weighted by atomic mass is 9.83. The van der Waals surface area contributed by atoms with Gasteiger partial charge in [-0.25, -0.2) is 10.4 Å². The Morgan fingerprint density at radius 2 is 1.85 bits per heavy atom. The Balaban J connectivity index is 2.03. The van der Waals surface area contributed by atoms with E-state index in [1.807, 2.05) is 32.0 Å². The first-order valence-corrected chi connectivity index (χ1v) is 14.0. The number of hydrogen-bond donors (Lipinski definition) is 3. The first kappa shape index (κ1) is 31.9. The standard InChI is InChI=1S/C31H43N3O7/c1-21(2)20-32-34-29(37)31(16-15-26(36)41-30(3,4)5)27(23-9-7-10-25(19-23)38-6)40-28(33-31)22-11-13-24(14-12-22)39-18-8-17-35/h7,9-14,19,21,27,32,35H,8,15-18,20H2,1-6H3,(H,34,37)/t27-,31-/m0/s1. The second kappa shape index (κ2) is 14.3. The largest absolute Gasteiger partial charge is 0.497 e. The molecule has 0 fully saturated rings. The fourth-order valence-corrected chi connectivity index (χ4v) is 4.30. The number of carbonyl (C=O) groups is 2. The first-order valence-electron chi connectivity index (χ1n) is 14.0. The number of ether oxygens (including phenoxy) is 4. The van der Waals surface area contributed by atoms with Crippen LogP contribution in [0.15, 0.2) is 53.5 Å². The van der Waals surface area contributed by atoms with Crippen molar-refractivity contribution in [3.63, 3.8) is 0 Å². The zero-order chi connectivity index (χ0) is 30.0. The van der Waals surface area contributed by atoms with E-state index < -0.39 is 29.1 Å². The van der Waals surface area contributed by atoms with Gasteiger partial charge in [0.1, 0.15) is 17.1 Å². The molecular formula is C31H43N3O7. The molecule has 0 spiro atoms. The van der Waals surface area contributed by atoms with Crippen LogP contribution in [0.3, 0.4) is 0 Å². The fourth-order valence-electron chi connectivity index (χ4n) is 4.30. The lowest BCUT2D eigenvalue weighted by molar-refractivity contribution is -0.155. The highest BCUT2D eigenvalue weighted by molar-refractivity contribution is 6.01. The summed E-state index contributed by atoms with van der Waals surface area (Å²) in [6.45, 7) is 10.5. The van der Waals surface area contributed by atoms with Gasteiger partial charge in [-0.2, -0.15) is 0 Å². The molecule has 1 heterocycles. The smallest absolute Gasteiger partial charge is 0.306 e. The number of carbonyl (C=O) groups excluding carboxylic acids is 2. The molecule has 3 N–H and O–H groups in total. The molecule has 2 aromatic carbocycles. The van der Waals surface area contributed by atoms with Crippen molar-refractivity contribution in [1.82, 2.24) is 10.9 Å². The summed E-state index contributed by atoms with van der Waals surface area (Å²) >= 11 is 0. The average molecular weight is 570 g/mol. The predicted octanol–water partition coefficient (Wildman–Crippen LogP) is 4.11. The molecule has 10 nitrogen and oxygen atoms in total. The number of methoxy groups -OCH3 is 1. The van der Waals surface area contributed by atoms with Gasteiger partial charge in [0.25, 0.3) is 5.91 Å². The van der Waals surface area contributed by atoms with Gasteiger partial charge in [-0.3, -0.25) is 15.0 Å². The van der Waals surface area contributed by atoms with E-state index in [4.69, 9.17) is 29.0 Å². The number of hydrazine groups is 1. The van der Waals surface area contributed by atoms with Gasteiger partial charge >= 0.3 is 5.97 Å². The molecule has 224 valence electrons. The fraction of sp³-hybridized carbons (Fsp3) is 0.516. The number of aliphatic imine (C=N–C) groups is 1. The third kappa shape index (κ3) is 8.93. The summed E-state index contributed by atoms with van der Waals surface area (Å²) in [4.78, 5) is 31.7. The number of aliphatic hydroxyl groups excluding tert-OH is 1. The van der Waals surface area contributed by atoms with Gasteiger partial charge in [-0.05, 0) is 75.1 Å². The monoisotopic (exact) mass is 569 g/mol. The summed E-state index contributed by atoms with van der Waals surface area (Å²) in [6.07, 6.45) is -0.325. The minimum absolute atomic E-state index is 0.0465. The molecule has 2 aromatic rings. The third-order valence-electron chi connectivity index (χ3n) is 6.27. The van der Waals surface area contributed by atoms with Gasteiger partial charge in [0.05, 0.1) is 13.7 Å². The normalized spacial score (nSPS) is 18.4. The Hall–Kier alpha value is -3.63. The minimum atomic E-state index is -1.49. The Morgan fingerprint density at radius 1 is 1.12 bits per heavy atom. The maximum Gasteiger partial charge on any atom is 0.306 e. The van der Waals surface area contributed by atoms with Crippen LogP contribution in [0.4, 0.5) is 0 Å². The number of nitrogens with one attached hydrogen (secondary N) is 2. The van der Waals surface area contributed by atoms with Crippen molar-refractivity contribution < 1.29 is 33.6 Å². The lowest BCUT2D eigenvalue weighted by Crippen LogP contribution is -2.53.